The van der Waals surface area contributed by atoms with E-state index in [9.17, 15) is 13.2 Å². The highest BCUT2D eigenvalue weighted by Gasteiger charge is 2.33. The molecule has 20 heavy (non-hydrogen) atoms. The molecule has 6 nitrogen and oxygen atoms in total. The maximum atomic E-state index is 12.3. The predicted molar refractivity (Wildman–Crippen MR) is 79.6 cm³/mol. The van der Waals surface area contributed by atoms with Gasteiger partial charge in [-0.1, -0.05) is 19.3 Å². The molecule has 0 saturated heterocycles. The molecule has 7 heteroatoms. The van der Waals surface area contributed by atoms with Gasteiger partial charge in [-0.15, -0.1) is 0 Å². The van der Waals surface area contributed by atoms with E-state index in [1.165, 1.54) is 18.2 Å². The summed E-state index contributed by atoms with van der Waals surface area (Å²) in [6, 6.07) is -0.266. The number of amides is 1. The third-order valence-corrected chi connectivity index (χ3v) is 5.81. The Balaban J connectivity index is 2.74. The van der Waals surface area contributed by atoms with Gasteiger partial charge in [-0.2, -0.15) is 0 Å². The van der Waals surface area contributed by atoms with E-state index in [0.717, 1.165) is 25.7 Å². The van der Waals surface area contributed by atoms with E-state index in [1.54, 1.807) is 14.1 Å². The van der Waals surface area contributed by atoms with Crippen LogP contribution in [0.4, 0.5) is 0 Å². The first-order valence-electron chi connectivity index (χ1n) is 7.22. The number of nitrogens with zero attached hydrogens (tertiary/aromatic N) is 1. The van der Waals surface area contributed by atoms with Crippen LogP contribution in [0.2, 0.25) is 0 Å². The van der Waals surface area contributed by atoms with Gasteiger partial charge in [-0.25, -0.2) is 13.1 Å². The van der Waals surface area contributed by atoms with Gasteiger partial charge in [0.25, 0.3) is 0 Å². The molecule has 2 unspecified atom stereocenters. The van der Waals surface area contributed by atoms with E-state index < -0.39 is 21.2 Å². The number of nitrogens with two attached hydrogens (primary N) is 1. The van der Waals surface area contributed by atoms with E-state index in [-0.39, 0.29) is 18.5 Å². The van der Waals surface area contributed by atoms with Crippen molar-refractivity contribution in [2.45, 2.75) is 50.3 Å². The van der Waals surface area contributed by atoms with Crippen LogP contribution in [0.25, 0.3) is 0 Å². The quantitative estimate of drug-likeness (QED) is 0.737. The number of sulfonamides is 1. The lowest BCUT2D eigenvalue weighted by Gasteiger charge is -2.30. The van der Waals surface area contributed by atoms with Crippen molar-refractivity contribution >= 4 is 15.9 Å². The van der Waals surface area contributed by atoms with E-state index in [0.29, 0.717) is 0 Å². The van der Waals surface area contributed by atoms with Gasteiger partial charge in [0.05, 0.1) is 0 Å². The Morgan fingerprint density at radius 3 is 2.30 bits per heavy atom. The molecule has 0 heterocycles. The van der Waals surface area contributed by atoms with Gasteiger partial charge in [-0.05, 0) is 25.7 Å². The Morgan fingerprint density at radius 1 is 1.30 bits per heavy atom. The molecule has 0 spiro atoms. The summed E-state index contributed by atoms with van der Waals surface area (Å²) in [5.74, 6) is -0.137. The molecule has 0 aliphatic heterocycles. The summed E-state index contributed by atoms with van der Waals surface area (Å²) in [5, 5.41) is -1.09. The maximum Gasteiger partial charge on any atom is 0.241 e. The molecule has 118 valence electrons. The highest BCUT2D eigenvalue weighted by molar-refractivity contribution is 7.90. The lowest BCUT2D eigenvalue weighted by molar-refractivity contribution is -0.127. The first-order valence-corrected chi connectivity index (χ1v) is 8.76. The van der Waals surface area contributed by atoms with Crippen molar-refractivity contribution in [3.05, 3.63) is 0 Å². The number of carbonyl (C=O) groups is 1. The summed E-state index contributed by atoms with van der Waals surface area (Å²) in [4.78, 5) is 13.1. The van der Waals surface area contributed by atoms with Crippen LogP contribution in [0.1, 0.15) is 39.0 Å². The lowest BCUT2D eigenvalue weighted by atomic mass is 9.84. The van der Waals surface area contributed by atoms with Crippen LogP contribution >= 0.6 is 0 Å². The zero-order valence-corrected chi connectivity index (χ0v) is 13.4. The van der Waals surface area contributed by atoms with Crippen LogP contribution in [-0.4, -0.2) is 51.2 Å². The fourth-order valence-electron chi connectivity index (χ4n) is 2.68. The fraction of sp³-hybridized carbons (Fsp3) is 0.923. The summed E-state index contributed by atoms with van der Waals surface area (Å²) >= 11 is 0. The van der Waals surface area contributed by atoms with Crippen LogP contribution in [0, 0.1) is 5.92 Å². The predicted octanol–water partition coefficient (Wildman–Crippen LogP) is 0.290. The van der Waals surface area contributed by atoms with Gasteiger partial charge in [0.2, 0.25) is 15.9 Å². The van der Waals surface area contributed by atoms with Crippen molar-refractivity contribution in [3.8, 4) is 0 Å². The number of carbonyl (C=O) groups excluding carboxylic acids is 1. The molecule has 1 aliphatic carbocycles. The average molecular weight is 305 g/mol. The van der Waals surface area contributed by atoms with Gasteiger partial charge in [0, 0.05) is 26.7 Å². The minimum atomic E-state index is -3.69. The molecule has 0 radical (unpaired) electrons. The minimum absolute atomic E-state index is 0.266. The van der Waals surface area contributed by atoms with E-state index in [1.807, 2.05) is 0 Å². The zero-order chi connectivity index (χ0) is 15.3. The molecule has 0 aromatic carbocycles. The van der Waals surface area contributed by atoms with Crippen molar-refractivity contribution in [1.82, 2.24) is 9.62 Å². The van der Waals surface area contributed by atoms with Crippen molar-refractivity contribution in [1.29, 1.82) is 0 Å². The van der Waals surface area contributed by atoms with Gasteiger partial charge in [0.1, 0.15) is 0 Å². The summed E-state index contributed by atoms with van der Waals surface area (Å²) < 4.78 is 27.2. The molecule has 0 aromatic heterocycles. The van der Waals surface area contributed by atoms with E-state index in [2.05, 4.69) is 4.72 Å². The highest BCUT2D eigenvalue weighted by Crippen LogP contribution is 2.26. The second-order valence-corrected chi connectivity index (χ2v) is 7.81. The van der Waals surface area contributed by atoms with Gasteiger partial charge < -0.3 is 10.6 Å². The molecule has 1 rings (SSSR count). The second-order valence-electron chi connectivity index (χ2n) is 5.78. The number of nitrogens with one attached hydrogen (secondary N) is 1. The van der Waals surface area contributed by atoms with Crippen molar-refractivity contribution in [2.75, 3.05) is 20.6 Å². The van der Waals surface area contributed by atoms with Crippen molar-refractivity contribution in [2.24, 2.45) is 11.7 Å². The first-order chi connectivity index (χ1) is 9.29. The van der Waals surface area contributed by atoms with Crippen molar-refractivity contribution < 1.29 is 13.2 Å². The molecule has 1 aliphatic rings. The van der Waals surface area contributed by atoms with E-state index in [4.69, 9.17) is 5.73 Å². The minimum Gasteiger partial charge on any atom is -0.348 e. The maximum absolute atomic E-state index is 12.3. The lowest BCUT2D eigenvalue weighted by Crippen LogP contribution is -2.51. The van der Waals surface area contributed by atoms with E-state index >= 15 is 0 Å². The largest absolute Gasteiger partial charge is 0.348 e. The summed E-state index contributed by atoms with van der Waals surface area (Å²) in [5.41, 5.74) is 5.72. The Morgan fingerprint density at radius 2 is 1.85 bits per heavy atom. The van der Waals surface area contributed by atoms with Crippen LogP contribution < -0.4 is 10.5 Å². The molecule has 1 saturated carbocycles. The molecular weight excluding hydrogens is 278 g/mol. The molecule has 2 atom stereocenters. The summed E-state index contributed by atoms with van der Waals surface area (Å²) in [6.45, 7) is 1.69. The molecule has 3 N–H and O–H groups in total. The molecule has 0 aromatic rings. The van der Waals surface area contributed by atoms with Gasteiger partial charge in [-0.3, -0.25) is 4.79 Å². The monoisotopic (exact) mass is 305 g/mol. The SMILES string of the molecule is CC(C(=O)N(C)C)S(=O)(=O)NC(CN)C1CCCCC1. The third-order valence-electron chi connectivity index (χ3n) is 4.04. The smallest absolute Gasteiger partial charge is 0.241 e. The second kappa shape index (κ2) is 7.38. The fourth-order valence-corrected chi connectivity index (χ4v) is 4.07. The van der Waals surface area contributed by atoms with Gasteiger partial charge >= 0.3 is 0 Å². The Labute approximate surface area is 122 Å². The number of hydrogen-bond donors (Lipinski definition) is 2. The van der Waals surface area contributed by atoms with Crippen LogP contribution in [-0.2, 0) is 14.8 Å². The molecule has 1 amide bonds. The van der Waals surface area contributed by atoms with Gasteiger partial charge in [0.15, 0.2) is 5.25 Å². The average Bonchev–Trinajstić information content (AvgIpc) is 2.43. The van der Waals surface area contributed by atoms with Crippen LogP contribution in [0.5, 0.6) is 0 Å². The number of rotatable bonds is 6. The zero-order valence-electron chi connectivity index (χ0n) is 12.6. The Hall–Kier alpha value is -0.660. The third kappa shape index (κ3) is 4.43. The van der Waals surface area contributed by atoms with Crippen LogP contribution in [0.3, 0.4) is 0 Å². The van der Waals surface area contributed by atoms with Crippen LogP contribution in [0.15, 0.2) is 0 Å². The topological polar surface area (TPSA) is 92.5 Å². The summed E-state index contributed by atoms with van der Waals surface area (Å²) in [6.07, 6.45) is 5.45. The first kappa shape index (κ1) is 17.4. The van der Waals surface area contributed by atoms with Crippen molar-refractivity contribution in [3.63, 3.8) is 0 Å². The highest BCUT2D eigenvalue weighted by atomic mass is 32.2. The molecular formula is C13H27N3O3S. The molecule has 1 fully saturated rings. The number of hydrogen-bond acceptors (Lipinski definition) is 4. The normalized spacial score (nSPS) is 20.4. The summed E-state index contributed by atoms with van der Waals surface area (Å²) in [7, 11) is -0.583. The Bertz CT molecular complexity index is 417. The molecule has 0 bridgehead atoms. The standard InChI is InChI=1S/C13H27N3O3S/c1-10(13(17)16(2)3)20(18,19)15-12(9-14)11-7-5-4-6-8-11/h10-12,15H,4-9,14H2,1-3H3. The Kier molecular flexibility index (Phi) is 6.42.